The van der Waals surface area contributed by atoms with Gasteiger partial charge in [0.25, 0.3) is 0 Å². The fraction of sp³-hybridized carbons (Fsp3) is 1.00. The van der Waals surface area contributed by atoms with E-state index >= 15 is 0 Å². The van der Waals surface area contributed by atoms with Gasteiger partial charge in [0.05, 0.1) is 0 Å². The number of hydrogen-bond donors (Lipinski definition) is 1. The van der Waals surface area contributed by atoms with Crippen LogP contribution in [0.4, 0.5) is 30.7 Å². The summed E-state index contributed by atoms with van der Waals surface area (Å²) in [6.07, 6.45) is -11.7. The van der Waals surface area contributed by atoms with Crippen LogP contribution in [0, 0.1) is 0 Å². The molecule has 20 heavy (non-hydrogen) atoms. The van der Waals surface area contributed by atoms with Crippen molar-refractivity contribution in [2.45, 2.75) is 50.0 Å². The van der Waals surface area contributed by atoms with Gasteiger partial charge in [-0.05, 0) is 13.8 Å². The molecular formula is C8H10F7O4P. The minimum absolute atomic E-state index is 0.727. The van der Waals surface area contributed by atoms with Crippen LogP contribution < -0.4 is 0 Å². The number of hydrogen-bond acceptors (Lipinski definition) is 3. The summed E-state index contributed by atoms with van der Waals surface area (Å²) in [6.45, 7) is 1.45. The molecule has 0 aromatic heterocycles. The maximum absolute atomic E-state index is 13.6. The highest BCUT2D eigenvalue weighted by atomic mass is 31.2. The number of halogens is 7. The Bertz CT molecular complexity index is 433. The van der Waals surface area contributed by atoms with E-state index < -0.39 is 44.0 Å². The van der Waals surface area contributed by atoms with Gasteiger partial charge in [0.1, 0.15) is 12.0 Å². The molecule has 1 rings (SSSR count). The molecule has 1 N–H and O–H groups in total. The molecule has 1 aliphatic rings. The van der Waals surface area contributed by atoms with Crippen molar-refractivity contribution in [2.24, 2.45) is 0 Å². The smallest absolute Gasteiger partial charge is 0.302 e. The lowest BCUT2D eigenvalue weighted by atomic mass is 9.91. The molecule has 1 aliphatic heterocycles. The molecule has 0 amide bonds. The van der Waals surface area contributed by atoms with Gasteiger partial charge in [0, 0.05) is 0 Å². The van der Waals surface area contributed by atoms with Gasteiger partial charge in [-0.1, -0.05) is 0 Å². The molecule has 0 aromatic carbocycles. The summed E-state index contributed by atoms with van der Waals surface area (Å²) in [6, 6.07) is 0. The molecule has 2 atom stereocenters. The van der Waals surface area contributed by atoms with Gasteiger partial charge in [-0.2, -0.15) is 30.7 Å². The Morgan fingerprint density at radius 1 is 1.15 bits per heavy atom. The van der Waals surface area contributed by atoms with Crippen molar-refractivity contribution in [3.63, 3.8) is 0 Å². The molecule has 1 fully saturated rings. The maximum Gasteiger partial charge on any atom is 0.473 e. The molecule has 0 spiro atoms. The normalized spacial score (nSPS) is 31.6. The van der Waals surface area contributed by atoms with Crippen LogP contribution in [-0.4, -0.2) is 34.6 Å². The first-order valence-electron chi connectivity index (χ1n) is 5.04. The minimum atomic E-state index is -5.56. The SMILES string of the molecule is CC1(C)OP(=O)(O)OC1C(F)(F)C(F)(F)CC(F)(F)F. The monoisotopic (exact) mass is 334 g/mol. The molecule has 120 valence electrons. The standard InChI is InChI=1S/C8H10F7O4P/c1-5(2)4(18-20(16,17)19-5)8(14,15)6(9,10)3-7(11,12)13/h4H,3H2,1-2H3,(H,16,17). The van der Waals surface area contributed by atoms with Gasteiger partial charge in [-0.15, -0.1) is 0 Å². The summed E-state index contributed by atoms with van der Waals surface area (Å²) in [5, 5.41) is 0. The average molecular weight is 334 g/mol. The molecule has 0 bridgehead atoms. The van der Waals surface area contributed by atoms with Crippen LogP contribution >= 0.6 is 7.82 Å². The molecule has 0 aliphatic carbocycles. The first-order chi connectivity index (χ1) is 8.50. The molecular weight excluding hydrogens is 324 g/mol. The van der Waals surface area contributed by atoms with E-state index in [1.165, 1.54) is 0 Å². The number of rotatable bonds is 3. The fourth-order valence-electron chi connectivity index (χ4n) is 1.69. The summed E-state index contributed by atoms with van der Waals surface area (Å²) in [5.41, 5.74) is -2.37. The molecule has 2 unspecified atom stereocenters. The predicted octanol–water partition coefficient (Wildman–Crippen LogP) is 3.50. The van der Waals surface area contributed by atoms with Crippen LogP contribution in [0.15, 0.2) is 0 Å². The van der Waals surface area contributed by atoms with E-state index in [1.54, 1.807) is 0 Å². The van der Waals surface area contributed by atoms with E-state index in [0.717, 1.165) is 13.8 Å². The quantitative estimate of drug-likeness (QED) is 0.634. The van der Waals surface area contributed by atoms with Crippen LogP contribution in [0.1, 0.15) is 20.3 Å². The summed E-state index contributed by atoms with van der Waals surface area (Å²) < 4.78 is 108. The Morgan fingerprint density at radius 3 is 1.90 bits per heavy atom. The van der Waals surface area contributed by atoms with Gasteiger partial charge >= 0.3 is 25.8 Å². The third kappa shape index (κ3) is 3.44. The van der Waals surface area contributed by atoms with Crippen molar-refractivity contribution in [3.05, 3.63) is 0 Å². The second kappa shape index (κ2) is 4.56. The van der Waals surface area contributed by atoms with Crippen molar-refractivity contribution in [3.8, 4) is 0 Å². The van der Waals surface area contributed by atoms with Gasteiger partial charge in [-0.3, -0.25) is 9.05 Å². The van der Waals surface area contributed by atoms with Crippen LogP contribution in [0.25, 0.3) is 0 Å². The summed E-state index contributed by atoms with van der Waals surface area (Å²) in [7, 11) is -5.03. The van der Waals surface area contributed by atoms with Crippen molar-refractivity contribution in [1.29, 1.82) is 0 Å². The molecule has 0 radical (unpaired) electrons. The lowest BCUT2D eigenvalue weighted by molar-refractivity contribution is -0.294. The Kier molecular flexibility index (Phi) is 4.03. The average Bonchev–Trinajstić information content (AvgIpc) is 2.29. The van der Waals surface area contributed by atoms with E-state index in [2.05, 4.69) is 9.05 Å². The zero-order valence-corrected chi connectivity index (χ0v) is 10.9. The number of phosphoric acid groups is 1. The molecule has 0 aromatic rings. The molecule has 12 heteroatoms. The highest BCUT2D eigenvalue weighted by Gasteiger charge is 2.72. The topological polar surface area (TPSA) is 55.8 Å². The lowest BCUT2D eigenvalue weighted by Gasteiger charge is -2.34. The molecule has 1 saturated heterocycles. The largest absolute Gasteiger partial charge is 0.473 e. The number of alkyl halides is 7. The summed E-state index contributed by atoms with van der Waals surface area (Å²) in [5.74, 6) is -10.9. The van der Waals surface area contributed by atoms with E-state index in [9.17, 15) is 35.3 Å². The highest BCUT2D eigenvalue weighted by Crippen LogP contribution is 2.62. The van der Waals surface area contributed by atoms with Crippen LogP contribution in [0.5, 0.6) is 0 Å². The Labute approximate surface area is 108 Å². The van der Waals surface area contributed by atoms with E-state index in [-0.39, 0.29) is 0 Å². The van der Waals surface area contributed by atoms with Crippen molar-refractivity contribution in [1.82, 2.24) is 0 Å². The van der Waals surface area contributed by atoms with Gasteiger partial charge < -0.3 is 4.89 Å². The van der Waals surface area contributed by atoms with Crippen molar-refractivity contribution >= 4 is 7.82 Å². The van der Waals surface area contributed by atoms with Gasteiger partial charge in [0.2, 0.25) is 0 Å². The molecule has 4 nitrogen and oxygen atoms in total. The zero-order valence-electron chi connectivity index (χ0n) is 10.0. The minimum Gasteiger partial charge on any atom is -0.302 e. The molecule has 1 heterocycles. The van der Waals surface area contributed by atoms with Crippen molar-refractivity contribution in [2.75, 3.05) is 0 Å². The second-order valence-corrected chi connectivity index (χ2v) is 6.10. The van der Waals surface area contributed by atoms with Crippen LogP contribution in [-0.2, 0) is 13.6 Å². The molecule has 0 saturated carbocycles. The van der Waals surface area contributed by atoms with E-state index in [0.29, 0.717) is 0 Å². The predicted molar refractivity (Wildman–Crippen MR) is 50.4 cm³/mol. The number of phosphoric ester groups is 1. The third-order valence-electron chi connectivity index (χ3n) is 2.46. The van der Waals surface area contributed by atoms with Gasteiger partial charge in [-0.25, -0.2) is 4.57 Å². The fourth-order valence-corrected chi connectivity index (χ4v) is 3.08. The Balaban J connectivity index is 3.13. The first-order valence-corrected chi connectivity index (χ1v) is 6.54. The first kappa shape index (κ1) is 17.7. The Hall–Kier alpha value is -0.380. The van der Waals surface area contributed by atoms with E-state index in [4.69, 9.17) is 4.89 Å². The van der Waals surface area contributed by atoms with Crippen LogP contribution in [0.2, 0.25) is 0 Å². The zero-order chi connectivity index (χ0) is 16.2. The summed E-state index contributed by atoms with van der Waals surface area (Å²) in [4.78, 5) is 8.87. The van der Waals surface area contributed by atoms with Crippen LogP contribution in [0.3, 0.4) is 0 Å². The third-order valence-corrected chi connectivity index (χ3v) is 3.64. The summed E-state index contributed by atoms with van der Waals surface area (Å²) >= 11 is 0. The highest BCUT2D eigenvalue weighted by molar-refractivity contribution is 7.47. The van der Waals surface area contributed by atoms with E-state index in [1.807, 2.05) is 0 Å². The Morgan fingerprint density at radius 2 is 1.60 bits per heavy atom. The van der Waals surface area contributed by atoms with Gasteiger partial charge in [0.15, 0.2) is 6.10 Å². The second-order valence-electron chi connectivity index (χ2n) is 4.77. The van der Waals surface area contributed by atoms with Crippen molar-refractivity contribution < 1.29 is 49.2 Å². The lowest BCUT2D eigenvalue weighted by Crippen LogP contribution is -2.57. The maximum atomic E-state index is 13.6.